The van der Waals surface area contributed by atoms with E-state index in [2.05, 4.69) is 19.9 Å². The zero-order chi connectivity index (χ0) is 15.6. The predicted octanol–water partition coefficient (Wildman–Crippen LogP) is 1.11. The molecule has 1 N–H and O–H groups in total. The highest BCUT2D eigenvalue weighted by molar-refractivity contribution is 7.91. The Hall–Kier alpha value is -1.52. The Labute approximate surface area is 127 Å². The van der Waals surface area contributed by atoms with Gasteiger partial charge in [0, 0.05) is 17.6 Å². The number of methoxy groups -OCH3 is 1. The minimum Gasteiger partial charge on any atom is -0.467 e. The fourth-order valence-electron chi connectivity index (χ4n) is 1.86. The van der Waals surface area contributed by atoms with Crippen molar-refractivity contribution in [3.8, 4) is 6.01 Å². The molecule has 0 amide bonds. The van der Waals surface area contributed by atoms with Crippen molar-refractivity contribution in [2.75, 3.05) is 7.11 Å². The van der Waals surface area contributed by atoms with Crippen molar-refractivity contribution >= 4 is 21.4 Å². The van der Waals surface area contributed by atoms with E-state index in [4.69, 9.17) is 4.74 Å². The number of rotatable bonds is 6. The summed E-state index contributed by atoms with van der Waals surface area (Å²) >= 11 is 1.12. The highest BCUT2D eigenvalue weighted by atomic mass is 32.2. The van der Waals surface area contributed by atoms with Gasteiger partial charge >= 0.3 is 6.01 Å². The molecule has 0 unspecified atom stereocenters. The van der Waals surface area contributed by atoms with Crippen LogP contribution in [-0.4, -0.2) is 35.3 Å². The molecule has 10 heteroatoms. The topological polar surface area (TPSA) is 99.0 Å². The summed E-state index contributed by atoms with van der Waals surface area (Å²) in [6, 6.07) is -0.195. The van der Waals surface area contributed by atoms with Gasteiger partial charge in [-0.15, -0.1) is 16.4 Å². The van der Waals surface area contributed by atoms with Gasteiger partial charge in [0.05, 0.1) is 13.2 Å². The molecule has 1 atom stereocenters. The predicted molar refractivity (Wildman–Crippen MR) is 77.8 cm³/mol. The molecule has 2 aromatic heterocycles. The molecule has 0 aliphatic rings. The highest BCUT2D eigenvalue weighted by Crippen LogP contribution is 2.21. The van der Waals surface area contributed by atoms with Crippen molar-refractivity contribution in [2.24, 2.45) is 0 Å². The minimum absolute atomic E-state index is 0.0429. The fourth-order valence-corrected chi connectivity index (χ4v) is 4.19. The van der Waals surface area contributed by atoms with Gasteiger partial charge in [0.1, 0.15) is 0 Å². The zero-order valence-corrected chi connectivity index (χ0v) is 13.8. The number of aromatic nitrogens is 4. The van der Waals surface area contributed by atoms with E-state index in [0.717, 1.165) is 16.2 Å². The van der Waals surface area contributed by atoms with Crippen LogP contribution in [0.3, 0.4) is 0 Å². The van der Waals surface area contributed by atoms with Crippen molar-refractivity contribution in [3.05, 3.63) is 16.9 Å². The highest BCUT2D eigenvalue weighted by Gasteiger charge is 2.25. The molecule has 0 spiro atoms. The summed E-state index contributed by atoms with van der Waals surface area (Å²) in [4.78, 5) is 4.73. The lowest BCUT2D eigenvalue weighted by Gasteiger charge is -2.13. The summed E-state index contributed by atoms with van der Waals surface area (Å²) < 4.78 is 33.9. The molecule has 0 fully saturated rings. The van der Waals surface area contributed by atoms with Crippen LogP contribution in [0.25, 0.3) is 0 Å². The average molecular weight is 331 g/mol. The number of hydrogen-bond acceptors (Lipinski definition) is 7. The van der Waals surface area contributed by atoms with Crippen LogP contribution in [0.15, 0.2) is 10.5 Å². The molecule has 0 bridgehead atoms. The average Bonchev–Trinajstić information content (AvgIpc) is 3.03. The molecule has 0 saturated heterocycles. The standard InChI is InChI=1S/C11H17N5O3S2/c1-5-16-9(13-14-10(16)19-4)8(3)15-21(17,18)11-12-6-7(2)20-11/h6,8,15H,5H2,1-4H3/t8-/m1/s1. The third-order valence-electron chi connectivity index (χ3n) is 2.79. The molecule has 2 rings (SSSR count). The van der Waals surface area contributed by atoms with Crippen molar-refractivity contribution < 1.29 is 13.2 Å². The van der Waals surface area contributed by atoms with Crippen molar-refractivity contribution in [2.45, 2.75) is 37.7 Å². The van der Waals surface area contributed by atoms with Crippen LogP contribution in [-0.2, 0) is 16.6 Å². The van der Waals surface area contributed by atoms with Gasteiger partial charge in [-0.25, -0.2) is 13.4 Å². The van der Waals surface area contributed by atoms with E-state index < -0.39 is 16.1 Å². The minimum atomic E-state index is -3.67. The Balaban J connectivity index is 2.25. The molecule has 116 valence electrons. The smallest absolute Gasteiger partial charge is 0.316 e. The Morgan fingerprint density at radius 1 is 1.48 bits per heavy atom. The normalized spacial score (nSPS) is 13.3. The quantitative estimate of drug-likeness (QED) is 0.851. The van der Waals surface area contributed by atoms with Gasteiger partial charge < -0.3 is 4.74 Å². The van der Waals surface area contributed by atoms with Crippen LogP contribution in [0.1, 0.15) is 30.6 Å². The lowest BCUT2D eigenvalue weighted by molar-refractivity contribution is 0.354. The Morgan fingerprint density at radius 3 is 2.71 bits per heavy atom. The van der Waals surface area contributed by atoms with Gasteiger partial charge in [0.25, 0.3) is 10.0 Å². The second-order valence-corrected chi connectivity index (χ2v) is 7.49. The Bertz CT molecular complexity index is 722. The van der Waals surface area contributed by atoms with Crippen LogP contribution >= 0.6 is 11.3 Å². The molecule has 0 aliphatic carbocycles. The molecule has 2 heterocycles. The van der Waals surface area contributed by atoms with Crippen LogP contribution in [0.5, 0.6) is 6.01 Å². The third kappa shape index (κ3) is 3.22. The second kappa shape index (κ2) is 6.08. The van der Waals surface area contributed by atoms with E-state index in [1.54, 1.807) is 18.4 Å². The summed E-state index contributed by atoms with van der Waals surface area (Å²) in [7, 11) is -2.18. The number of sulfonamides is 1. The van der Waals surface area contributed by atoms with Crippen LogP contribution < -0.4 is 9.46 Å². The van der Waals surface area contributed by atoms with Gasteiger partial charge in [0.2, 0.25) is 4.34 Å². The van der Waals surface area contributed by atoms with Gasteiger partial charge in [-0.3, -0.25) is 4.57 Å². The van der Waals surface area contributed by atoms with Crippen LogP contribution in [0.4, 0.5) is 0 Å². The largest absolute Gasteiger partial charge is 0.467 e. The summed E-state index contributed by atoms with van der Waals surface area (Å²) in [5.74, 6) is 0.492. The molecule has 0 aromatic carbocycles. The monoisotopic (exact) mass is 331 g/mol. The van der Waals surface area contributed by atoms with Crippen LogP contribution in [0, 0.1) is 6.92 Å². The lowest BCUT2D eigenvalue weighted by atomic mass is 10.3. The second-order valence-electron chi connectivity index (χ2n) is 4.37. The number of thiazole rings is 1. The Kier molecular flexibility index (Phi) is 4.59. The van der Waals surface area contributed by atoms with Gasteiger partial charge in [-0.05, 0) is 20.8 Å². The van der Waals surface area contributed by atoms with E-state index in [1.165, 1.54) is 13.3 Å². The number of nitrogens with zero attached hydrogens (tertiary/aromatic N) is 4. The first kappa shape index (κ1) is 15.9. The summed E-state index contributed by atoms with van der Waals surface area (Å²) in [5.41, 5.74) is 0. The fraction of sp³-hybridized carbons (Fsp3) is 0.545. The van der Waals surface area contributed by atoms with E-state index in [9.17, 15) is 8.42 Å². The number of nitrogens with one attached hydrogen (secondary N) is 1. The molecule has 0 radical (unpaired) electrons. The maximum atomic E-state index is 12.3. The summed E-state index contributed by atoms with van der Waals surface area (Å²) in [6.07, 6.45) is 1.53. The zero-order valence-electron chi connectivity index (χ0n) is 12.2. The number of ether oxygens (including phenoxy) is 1. The summed E-state index contributed by atoms with van der Waals surface area (Å²) in [5, 5.41) is 7.86. The third-order valence-corrected chi connectivity index (χ3v) is 5.64. The van der Waals surface area contributed by atoms with Gasteiger partial charge in [-0.2, -0.15) is 4.72 Å². The molecule has 0 aliphatic heterocycles. The molecular weight excluding hydrogens is 314 g/mol. The first-order valence-electron chi connectivity index (χ1n) is 6.31. The molecule has 21 heavy (non-hydrogen) atoms. The lowest BCUT2D eigenvalue weighted by Crippen LogP contribution is -2.28. The first-order valence-corrected chi connectivity index (χ1v) is 8.60. The van der Waals surface area contributed by atoms with E-state index in [0.29, 0.717) is 18.4 Å². The van der Waals surface area contributed by atoms with Gasteiger partial charge in [-0.1, -0.05) is 5.10 Å². The summed E-state index contributed by atoms with van der Waals surface area (Å²) in [6.45, 7) is 5.99. The SMILES string of the molecule is CCn1c(OC)nnc1[C@@H](C)NS(=O)(=O)c1ncc(C)s1. The van der Waals surface area contributed by atoms with Crippen molar-refractivity contribution in [3.63, 3.8) is 0 Å². The van der Waals surface area contributed by atoms with E-state index in [1.807, 2.05) is 6.92 Å². The molecular formula is C11H17N5O3S2. The maximum absolute atomic E-state index is 12.3. The first-order chi connectivity index (χ1) is 9.89. The van der Waals surface area contributed by atoms with E-state index >= 15 is 0 Å². The van der Waals surface area contributed by atoms with Crippen LogP contribution in [0.2, 0.25) is 0 Å². The number of aryl methyl sites for hydroxylation is 1. The maximum Gasteiger partial charge on any atom is 0.316 e. The Morgan fingerprint density at radius 2 is 2.19 bits per heavy atom. The number of hydrogen-bond donors (Lipinski definition) is 1. The molecule has 0 saturated carbocycles. The van der Waals surface area contributed by atoms with Crippen molar-refractivity contribution in [1.82, 2.24) is 24.5 Å². The van der Waals surface area contributed by atoms with Crippen molar-refractivity contribution in [1.29, 1.82) is 0 Å². The van der Waals surface area contributed by atoms with Gasteiger partial charge in [0.15, 0.2) is 5.82 Å². The van der Waals surface area contributed by atoms with E-state index in [-0.39, 0.29) is 4.34 Å². The molecule has 2 aromatic rings. The molecule has 8 nitrogen and oxygen atoms in total.